The number of hydrogen-bond donors (Lipinski definition) is 2. The van der Waals surface area contributed by atoms with Crippen molar-refractivity contribution in [2.75, 3.05) is 24.5 Å². The van der Waals surface area contributed by atoms with Gasteiger partial charge in [-0.25, -0.2) is 4.98 Å². The molecule has 1 amide bonds. The van der Waals surface area contributed by atoms with Gasteiger partial charge < -0.3 is 10.2 Å². The number of nitrogens with one attached hydrogen (secondary N) is 2. The van der Waals surface area contributed by atoms with E-state index < -0.39 is 0 Å². The van der Waals surface area contributed by atoms with Crippen molar-refractivity contribution in [1.82, 2.24) is 20.5 Å². The first kappa shape index (κ1) is 18.6. The number of rotatable bonds is 7. The number of benzene rings is 2. The van der Waals surface area contributed by atoms with E-state index >= 15 is 0 Å². The van der Waals surface area contributed by atoms with Gasteiger partial charge in [0.1, 0.15) is 5.82 Å². The second-order valence-electron chi connectivity index (χ2n) is 6.44. The molecule has 6 heteroatoms. The van der Waals surface area contributed by atoms with Gasteiger partial charge in [0, 0.05) is 36.4 Å². The molecule has 0 spiro atoms. The maximum atomic E-state index is 12.4. The van der Waals surface area contributed by atoms with E-state index in [0.717, 1.165) is 24.5 Å². The molecule has 2 N–H and O–H groups in total. The van der Waals surface area contributed by atoms with Crippen LogP contribution in [0.5, 0.6) is 0 Å². The number of aryl methyl sites for hydroxylation is 2. The van der Waals surface area contributed by atoms with Gasteiger partial charge in [0.05, 0.1) is 0 Å². The molecule has 6 nitrogen and oxygen atoms in total. The highest BCUT2D eigenvalue weighted by atomic mass is 16.1. The Morgan fingerprint density at radius 1 is 1.11 bits per heavy atom. The number of anilines is 1. The van der Waals surface area contributed by atoms with Gasteiger partial charge >= 0.3 is 0 Å². The first-order valence-corrected chi connectivity index (χ1v) is 9.16. The zero-order valence-electron chi connectivity index (χ0n) is 16.0. The van der Waals surface area contributed by atoms with Gasteiger partial charge in [0.2, 0.25) is 0 Å². The molecular weight excluding hydrogens is 338 g/mol. The third-order valence-corrected chi connectivity index (χ3v) is 4.51. The van der Waals surface area contributed by atoms with Crippen LogP contribution >= 0.6 is 0 Å². The first-order valence-electron chi connectivity index (χ1n) is 9.16. The smallest absolute Gasteiger partial charge is 0.251 e. The maximum Gasteiger partial charge on any atom is 0.251 e. The number of aromatic nitrogens is 3. The molecule has 1 heterocycles. The van der Waals surface area contributed by atoms with E-state index in [4.69, 9.17) is 0 Å². The molecule has 0 bridgehead atoms. The van der Waals surface area contributed by atoms with Crippen molar-refractivity contribution in [3.05, 3.63) is 65.5 Å². The highest BCUT2D eigenvalue weighted by molar-refractivity contribution is 5.94. The van der Waals surface area contributed by atoms with E-state index in [-0.39, 0.29) is 5.91 Å². The lowest BCUT2D eigenvalue weighted by molar-refractivity contribution is 0.0954. The summed E-state index contributed by atoms with van der Waals surface area (Å²) in [4.78, 5) is 19.0. The molecule has 0 aliphatic rings. The molecule has 140 valence electrons. The summed E-state index contributed by atoms with van der Waals surface area (Å²) in [6.07, 6.45) is 0. The zero-order valence-corrected chi connectivity index (χ0v) is 16.0. The van der Waals surface area contributed by atoms with Crippen molar-refractivity contribution in [1.29, 1.82) is 0 Å². The monoisotopic (exact) mass is 363 g/mol. The van der Waals surface area contributed by atoms with E-state index in [1.807, 2.05) is 31.2 Å². The van der Waals surface area contributed by atoms with Crippen LogP contribution in [0.3, 0.4) is 0 Å². The normalized spacial score (nSPS) is 10.6. The second-order valence-corrected chi connectivity index (χ2v) is 6.44. The molecule has 0 atom stereocenters. The molecule has 1 aromatic heterocycles. The Hall–Kier alpha value is -3.15. The third-order valence-electron chi connectivity index (χ3n) is 4.51. The number of para-hydroxylation sites is 1. The molecule has 3 rings (SSSR count). The van der Waals surface area contributed by atoms with Gasteiger partial charge in [-0.1, -0.05) is 30.3 Å². The van der Waals surface area contributed by atoms with Gasteiger partial charge in [-0.15, -0.1) is 0 Å². The number of amides is 1. The fourth-order valence-electron chi connectivity index (χ4n) is 3.02. The Bertz CT molecular complexity index is 901. The van der Waals surface area contributed by atoms with Gasteiger partial charge in [0.25, 0.3) is 5.91 Å². The topological polar surface area (TPSA) is 73.9 Å². The summed E-state index contributed by atoms with van der Waals surface area (Å²) in [5, 5.41) is 9.95. The molecule has 0 aliphatic heterocycles. The van der Waals surface area contributed by atoms with Crippen molar-refractivity contribution < 1.29 is 4.79 Å². The Labute approximate surface area is 159 Å². The molecule has 0 unspecified atom stereocenters. The summed E-state index contributed by atoms with van der Waals surface area (Å²) in [5.74, 6) is 1.32. The van der Waals surface area contributed by atoms with Gasteiger partial charge in [-0.2, -0.15) is 5.10 Å². The summed E-state index contributed by atoms with van der Waals surface area (Å²) in [5.41, 5.74) is 3.96. The number of carbonyl (C=O) groups excluding carboxylic acids is 1. The average molecular weight is 363 g/mol. The van der Waals surface area contributed by atoms with Gasteiger partial charge in [0.15, 0.2) is 5.82 Å². The Balaban J connectivity index is 1.56. The highest BCUT2D eigenvalue weighted by Gasteiger charge is 2.10. The Morgan fingerprint density at radius 2 is 1.85 bits per heavy atom. The lowest BCUT2D eigenvalue weighted by Crippen LogP contribution is -2.35. The molecule has 0 saturated heterocycles. The van der Waals surface area contributed by atoms with Gasteiger partial charge in [-0.3, -0.25) is 9.89 Å². The number of aromatic amines is 1. The van der Waals surface area contributed by atoms with Crippen LogP contribution in [0, 0.1) is 13.8 Å². The van der Waals surface area contributed by atoms with Crippen molar-refractivity contribution in [2.24, 2.45) is 0 Å². The minimum Gasteiger partial charge on any atom is -0.370 e. The average Bonchev–Trinajstić information content (AvgIpc) is 3.12. The minimum absolute atomic E-state index is 0.0754. The highest BCUT2D eigenvalue weighted by Crippen LogP contribution is 2.18. The van der Waals surface area contributed by atoms with Crippen LogP contribution in [-0.4, -0.2) is 40.7 Å². The van der Waals surface area contributed by atoms with E-state index in [0.29, 0.717) is 17.9 Å². The van der Waals surface area contributed by atoms with Crippen molar-refractivity contribution in [2.45, 2.75) is 20.8 Å². The van der Waals surface area contributed by atoms with E-state index in [1.54, 1.807) is 12.1 Å². The third kappa shape index (κ3) is 4.53. The summed E-state index contributed by atoms with van der Waals surface area (Å²) in [7, 11) is 0. The fraction of sp³-hybridized carbons (Fsp3) is 0.286. The lowest BCUT2D eigenvalue weighted by atomic mass is 10.1. The molecule has 0 saturated carbocycles. The molecular formula is C21H25N5O. The van der Waals surface area contributed by atoms with Crippen LogP contribution in [0.15, 0.2) is 48.5 Å². The number of carbonyl (C=O) groups is 1. The Kier molecular flexibility index (Phi) is 5.86. The Morgan fingerprint density at radius 3 is 2.48 bits per heavy atom. The fourth-order valence-corrected chi connectivity index (χ4v) is 3.02. The molecule has 0 aliphatic carbocycles. The predicted molar refractivity (Wildman–Crippen MR) is 108 cm³/mol. The molecule has 27 heavy (non-hydrogen) atoms. The molecule has 0 fully saturated rings. The van der Waals surface area contributed by atoms with Crippen LogP contribution in [-0.2, 0) is 0 Å². The summed E-state index contributed by atoms with van der Waals surface area (Å²) >= 11 is 0. The van der Waals surface area contributed by atoms with Crippen LogP contribution in [0.2, 0.25) is 0 Å². The quantitative estimate of drug-likeness (QED) is 0.675. The first-order chi connectivity index (χ1) is 13.1. The number of likely N-dealkylation sites (N-methyl/N-ethyl adjacent to an activating group) is 1. The van der Waals surface area contributed by atoms with E-state index in [1.165, 1.54) is 11.3 Å². The van der Waals surface area contributed by atoms with Gasteiger partial charge in [-0.05, 0) is 44.5 Å². The predicted octanol–water partition coefficient (Wildman–Crippen LogP) is 3.34. The largest absolute Gasteiger partial charge is 0.370 e. The van der Waals surface area contributed by atoms with Crippen LogP contribution < -0.4 is 10.2 Å². The SMILES string of the molecule is CCN(CCNC(=O)c1ccc(-c2n[nH]c(C)n2)cc1)c1ccccc1C. The summed E-state index contributed by atoms with van der Waals surface area (Å²) in [6.45, 7) is 8.33. The lowest BCUT2D eigenvalue weighted by Gasteiger charge is -2.25. The van der Waals surface area contributed by atoms with E-state index in [2.05, 4.69) is 51.4 Å². The number of hydrogen-bond acceptors (Lipinski definition) is 4. The maximum absolute atomic E-state index is 12.4. The van der Waals surface area contributed by atoms with E-state index in [9.17, 15) is 4.79 Å². The summed E-state index contributed by atoms with van der Waals surface area (Å²) in [6, 6.07) is 15.6. The standard InChI is InChI=1S/C21H25N5O/c1-4-26(19-8-6-5-7-15(19)2)14-13-22-21(27)18-11-9-17(10-12-18)20-23-16(3)24-25-20/h5-12H,4,13-14H2,1-3H3,(H,22,27)(H,23,24,25). The molecule has 0 radical (unpaired) electrons. The zero-order chi connectivity index (χ0) is 19.2. The van der Waals surface area contributed by atoms with Crippen molar-refractivity contribution >= 4 is 11.6 Å². The minimum atomic E-state index is -0.0754. The number of H-pyrrole nitrogens is 1. The van der Waals surface area contributed by atoms with Crippen molar-refractivity contribution in [3.63, 3.8) is 0 Å². The van der Waals surface area contributed by atoms with Crippen LogP contribution in [0.25, 0.3) is 11.4 Å². The second kappa shape index (κ2) is 8.49. The summed E-state index contributed by atoms with van der Waals surface area (Å²) < 4.78 is 0. The van der Waals surface area contributed by atoms with Crippen LogP contribution in [0.1, 0.15) is 28.7 Å². The van der Waals surface area contributed by atoms with Crippen molar-refractivity contribution in [3.8, 4) is 11.4 Å². The molecule has 2 aromatic carbocycles. The molecule has 3 aromatic rings. The van der Waals surface area contributed by atoms with Crippen LogP contribution in [0.4, 0.5) is 5.69 Å². The number of nitrogens with zero attached hydrogens (tertiary/aromatic N) is 3.